The summed E-state index contributed by atoms with van der Waals surface area (Å²) in [6.07, 6.45) is 2.17. The van der Waals surface area contributed by atoms with Crippen LogP contribution in [0.5, 0.6) is 0 Å². The number of aliphatic hydroxyl groups is 1. The van der Waals surface area contributed by atoms with Crippen molar-refractivity contribution in [3.8, 4) is 0 Å². The summed E-state index contributed by atoms with van der Waals surface area (Å²) in [6, 6.07) is 10.4. The molecule has 1 aliphatic heterocycles. The largest absolute Gasteiger partial charge is 0.372 e. The number of nitrogens with zero attached hydrogens (tertiary/aromatic N) is 7. The van der Waals surface area contributed by atoms with E-state index < -0.39 is 17.5 Å². The monoisotopic (exact) mass is 508 g/mol. The molecule has 12 heteroatoms. The van der Waals surface area contributed by atoms with Crippen molar-refractivity contribution in [2.45, 2.75) is 19.3 Å². The Morgan fingerprint density at radius 3 is 2.41 bits per heavy atom. The van der Waals surface area contributed by atoms with Crippen molar-refractivity contribution in [2.75, 3.05) is 36.4 Å². The van der Waals surface area contributed by atoms with Gasteiger partial charge < -0.3 is 19.9 Å². The van der Waals surface area contributed by atoms with Gasteiger partial charge in [0, 0.05) is 46.8 Å². The standard InChI is InChI=1S/C25H29FN8O3/c1-30-23-22(24(36)31(2)25(30)37)34(16-28-23)15-21(35)29-20-8-7-19(13-27-20)33-11-9-32(10-12-33)14-17-3-5-18(26)6-4-17/h3-8,13,16,21,35H,9-12,14-15H2,1-2H3,(H,27,29). The van der Waals surface area contributed by atoms with Crippen LogP contribution in [0.1, 0.15) is 5.56 Å². The summed E-state index contributed by atoms with van der Waals surface area (Å²) in [5.41, 5.74) is 1.67. The van der Waals surface area contributed by atoms with Crippen molar-refractivity contribution in [3.63, 3.8) is 0 Å². The summed E-state index contributed by atoms with van der Waals surface area (Å²) in [4.78, 5) is 37.9. The highest BCUT2D eigenvalue weighted by Crippen LogP contribution is 2.19. The molecular weight excluding hydrogens is 479 g/mol. The molecule has 1 fully saturated rings. The van der Waals surface area contributed by atoms with Crippen LogP contribution in [0.15, 0.2) is 58.5 Å². The van der Waals surface area contributed by atoms with Crippen LogP contribution in [0, 0.1) is 5.82 Å². The lowest BCUT2D eigenvalue weighted by Gasteiger charge is -2.36. The third-order valence-corrected chi connectivity index (χ3v) is 6.71. The van der Waals surface area contributed by atoms with Crippen LogP contribution >= 0.6 is 0 Å². The van der Waals surface area contributed by atoms with Gasteiger partial charge in [-0.25, -0.2) is 19.2 Å². The number of hydrogen-bond donors (Lipinski definition) is 2. The van der Waals surface area contributed by atoms with Crippen molar-refractivity contribution in [1.29, 1.82) is 0 Å². The van der Waals surface area contributed by atoms with E-state index in [4.69, 9.17) is 0 Å². The first-order valence-electron chi connectivity index (χ1n) is 12.0. The molecule has 4 heterocycles. The molecule has 37 heavy (non-hydrogen) atoms. The van der Waals surface area contributed by atoms with E-state index in [1.165, 1.54) is 34.6 Å². The minimum absolute atomic E-state index is 0.0450. The van der Waals surface area contributed by atoms with E-state index in [9.17, 15) is 19.1 Å². The molecule has 0 bridgehead atoms. The fourth-order valence-electron chi connectivity index (χ4n) is 4.61. The van der Waals surface area contributed by atoms with Gasteiger partial charge in [0.15, 0.2) is 11.2 Å². The average Bonchev–Trinajstić information content (AvgIpc) is 3.32. The summed E-state index contributed by atoms with van der Waals surface area (Å²) in [6.45, 7) is 4.32. The van der Waals surface area contributed by atoms with E-state index in [2.05, 4.69) is 25.1 Å². The Labute approximate surface area is 212 Å². The third-order valence-electron chi connectivity index (χ3n) is 6.71. The first-order chi connectivity index (χ1) is 17.8. The van der Waals surface area contributed by atoms with E-state index in [-0.39, 0.29) is 23.5 Å². The minimum Gasteiger partial charge on any atom is -0.372 e. The number of hydrogen-bond acceptors (Lipinski definition) is 8. The number of rotatable bonds is 7. The quantitative estimate of drug-likeness (QED) is 0.351. The summed E-state index contributed by atoms with van der Waals surface area (Å²) >= 11 is 0. The predicted octanol–water partition coefficient (Wildman–Crippen LogP) is 0.720. The highest BCUT2D eigenvalue weighted by molar-refractivity contribution is 5.70. The topological polar surface area (TPSA) is 113 Å². The van der Waals surface area contributed by atoms with E-state index in [0.717, 1.165) is 48.5 Å². The number of fused-ring (bicyclic) bond motifs is 1. The Morgan fingerprint density at radius 1 is 1.00 bits per heavy atom. The molecule has 0 radical (unpaired) electrons. The maximum absolute atomic E-state index is 13.1. The number of aromatic nitrogens is 5. The second-order valence-electron chi connectivity index (χ2n) is 9.23. The van der Waals surface area contributed by atoms with Gasteiger partial charge in [0.2, 0.25) is 0 Å². The first kappa shape index (κ1) is 24.7. The fourth-order valence-corrected chi connectivity index (χ4v) is 4.61. The van der Waals surface area contributed by atoms with Crippen LogP contribution < -0.4 is 21.5 Å². The zero-order chi connectivity index (χ0) is 26.1. The number of benzene rings is 1. The molecule has 2 N–H and O–H groups in total. The first-order valence-corrected chi connectivity index (χ1v) is 12.0. The van der Waals surface area contributed by atoms with Crippen molar-refractivity contribution in [2.24, 2.45) is 14.1 Å². The Kier molecular flexibility index (Phi) is 6.76. The van der Waals surface area contributed by atoms with E-state index in [1.54, 1.807) is 19.3 Å². The highest BCUT2D eigenvalue weighted by Gasteiger charge is 2.19. The molecule has 1 aliphatic rings. The van der Waals surface area contributed by atoms with Gasteiger partial charge in [0.05, 0.1) is 24.8 Å². The summed E-state index contributed by atoms with van der Waals surface area (Å²) in [5.74, 6) is 0.275. The molecule has 0 spiro atoms. The molecule has 0 saturated carbocycles. The van der Waals surface area contributed by atoms with Gasteiger partial charge in [-0.2, -0.15) is 0 Å². The number of imidazole rings is 1. The molecular formula is C25H29FN8O3. The number of nitrogens with one attached hydrogen (secondary N) is 1. The lowest BCUT2D eigenvalue weighted by atomic mass is 10.2. The fraction of sp³-hybridized carbons (Fsp3) is 0.360. The van der Waals surface area contributed by atoms with Gasteiger partial charge in [-0.1, -0.05) is 12.1 Å². The van der Waals surface area contributed by atoms with Crippen molar-refractivity contribution < 1.29 is 9.50 Å². The lowest BCUT2D eigenvalue weighted by molar-refractivity contribution is 0.183. The minimum atomic E-state index is -1.03. The molecule has 0 aliphatic carbocycles. The molecule has 3 aromatic heterocycles. The molecule has 1 aromatic carbocycles. The molecule has 5 rings (SSSR count). The van der Waals surface area contributed by atoms with Gasteiger partial charge >= 0.3 is 5.69 Å². The van der Waals surface area contributed by atoms with Gasteiger partial charge in [-0.3, -0.25) is 18.8 Å². The summed E-state index contributed by atoms with van der Waals surface area (Å²) < 4.78 is 17.0. The van der Waals surface area contributed by atoms with Crippen LogP contribution in [0.25, 0.3) is 11.2 Å². The summed E-state index contributed by atoms with van der Waals surface area (Å²) in [5, 5.41) is 13.5. The van der Waals surface area contributed by atoms with Crippen LogP contribution in [-0.4, -0.2) is 66.1 Å². The molecule has 11 nitrogen and oxygen atoms in total. The molecule has 1 unspecified atom stereocenters. The molecule has 1 atom stereocenters. The second kappa shape index (κ2) is 10.1. The Bertz CT molecular complexity index is 1500. The third kappa shape index (κ3) is 5.11. The van der Waals surface area contributed by atoms with Crippen molar-refractivity contribution in [1.82, 2.24) is 28.6 Å². The number of pyridine rings is 1. The zero-order valence-electron chi connectivity index (χ0n) is 20.7. The number of halogens is 1. The van der Waals surface area contributed by atoms with Crippen LogP contribution in [0.4, 0.5) is 15.9 Å². The molecule has 1 saturated heterocycles. The second-order valence-corrected chi connectivity index (χ2v) is 9.23. The normalized spacial score (nSPS) is 15.3. The number of aliphatic hydroxyl groups excluding tert-OH is 1. The smallest absolute Gasteiger partial charge is 0.332 e. The van der Waals surface area contributed by atoms with Crippen LogP contribution in [0.3, 0.4) is 0 Å². The Morgan fingerprint density at radius 2 is 1.73 bits per heavy atom. The number of piperazine rings is 1. The highest BCUT2D eigenvalue weighted by atomic mass is 19.1. The number of aryl methyl sites for hydroxylation is 1. The maximum Gasteiger partial charge on any atom is 0.332 e. The molecule has 0 amide bonds. The van der Waals surface area contributed by atoms with Gasteiger partial charge in [0.1, 0.15) is 17.9 Å². The van der Waals surface area contributed by atoms with Gasteiger partial charge in [-0.15, -0.1) is 0 Å². The molecule has 4 aromatic rings. The maximum atomic E-state index is 13.1. The van der Waals surface area contributed by atoms with E-state index >= 15 is 0 Å². The van der Waals surface area contributed by atoms with Gasteiger partial charge in [-0.05, 0) is 29.8 Å². The van der Waals surface area contributed by atoms with E-state index in [1.807, 2.05) is 18.2 Å². The van der Waals surface area contributed by atoms with Crippen molar-refractivity contribution >= 4 is 22.7 Å². The van der Waals surface area contributed by atoms with Crippen LogP contribution in [0.2, 0.25) is 0 Å². The Balaban J connectivity index is 1.18. The van der Waals surface area contributed by atoms with Crippen molar-refractivity contribution in [3.05, 3.63) is 81.1 Å². The Hall–Kier alpha value is -4.03. The summed E-state index contributed by atoms with van der Waals surface area (Å²) in [7, 11) is 2.96. The SMILES string of the molecule is Cn1c(=O)c2c(ncn2CC(O)Nc2ccc(N3CCN(Cc4ccc(F)cc4)CC3)cn2)n(C)c1=O. The lowest BCUT2D eigenvalue weighted by Crippen LogP contribution is -2.46. The average molecular weight is 509 g/mol. The van der Waals surface area contributed by atoms with E-state index in [0.29, 0.717) is 5.82 Å². The van der Waals surface area contributed by atoms with Gasteiger partial charge in [0.25, 0.3) is 5.56 Å². The molecule has 194 valence electrons. The predicted molar refractivity (Wildman–Crippen MR) is 138 cm³/mol. The number of anilines is 2. The van der Waals surface area contributed by atoms with Crippen LogP contribution in [-0.2, 0) is 27.2 Å². The zero-order valence-corrected chi connectivity index (χ0v) is 20.7.